The van der Waals surface area contributed by atoms with E-state index in [2.05, 4.69) is 4.99 Å². The first kappa shape index (κ1) is 14.9. The van der Waals surface area contributed by atoms with Gasteiger partial charge in [-0.15, -0.1) is 0 Å². The second-order valence-corrected chi connectivity index (χ2v) is 5.66. The molecule has 22 heavy (non-hydrogen) atoms. The minimum absolute atomic E-state index is 0.569. The normalized spacial score (nSPS) is 11.2. The molecule has 0 heterocycles. The van der Waals surface area contributed by atoms with Crippen molar-refractivity contribution in [1.82, 2.24) is 0 Å². The van der Waals surface area contributed by atoms with Gasteiger partial charge in [0, 0.05) is 27.2 Å². The molecule has 3 aromatic rings. The Kier molecular flexibility index (Phi) is 4.32. The van der Waals surface area contributed by atoms with Gasteiger partial charge in [-0.1, -0.05) is 47.5 Å². The molecule has 0 aromatic heterocycles. The van der Waals surface area contributed by atoms with Crippen molar-refractivity contribution in [2.24, 2.45) is 4.99 Å². The second kappa shape index (κ2) is 6.39. The number of aliphatic imine (C=N–C) groups is 1. The standard InChI is InChI=1S/C18H13Cl2NO/c1-22-18-7-6-12(16-4-2-3-5-17(16)18)11-21-15-9-13(19)8-14(20)10-15/h2-11H,1H3. The number of halogens is 2. The summed E-state index contributed by atoms with van der Waals surface area (Å²) in [6.07, 6.45) is 1.81. The molecule has 2 nitrogen and oxygen atoms in total. The minimum atomic E-state index is 0.569. The molecular formula is C18H13Cl2NO. The molecule has 4 heteroatoms. The second-order valence-electron chi connectivity index (χ2n) is 4.79. The maximum Gasteiger partial charge on any atom is 0.126 e. The van der Waals surface area contributed by atoms with Gasteiger partial charge in [0.05, 0.1) is 12.8 Å². The lowest BCUT2D eigenvalue weighted by molar-refractivity contribution is 0.420. The molecule has 0 spiro atoms. The molecule has 0 aliphatic rings. The molecule has 0 saturated heterocycles. The van der Waals surface area contributed by atoms with Gasteiger partial charge in [0.2, 0.25) is 0 Å². The molecule has 0 aliphatic heterocycles. The van der Waals surface area contributed by atoms with E-state index in [9.17, 15) is 0 Å². The van der Waals surface area contributed by atoms with Crippen LogP contribution in [-0.4, -0.2) is 13.3 Å². The third-order valence-electron chi connectivity index (χ3n) is 3.34. The van der Waals surface area contributed by atoms with Gasteiger partial charge in [-0.2, -0.15) is 0 Å². The maximum atomic E-state index is 5.99. The molecule has 0 aliphatic carbocycles. The summed E-state index contributed by atoms with van der Waals surface area (Å²) in [7, 11) is 1.67. The van der Waals surface area contributed by atoms with E-state index < -0.39 is 0 Å². The van der Waals surface area contributed by atoms with Gasteiger partial charge in [0.15, 0.2) is 0 Å². The van der Waals surface area contributed by atoms with Gasteiger partial charge in [-0.3, -0.25) is 4.99 Å². The van der Waals surface area contributed by atoms with Crippen LogP contribution in [0, 0.1) is 0 Å². The average Bonchev–Trinajstić information content (AvgIpc) is 2.51. The predicted molar refractivity (Wildman–Crippen MR) is 94.2 cm³/mol. The van der Waals surface area contributed by atoms with Crippen molar-refractivity contribution in [3.63, 3.8) is 0 Å². The van der Waals surface area contributed by atoms with Crippen LogP contribution in [0.3, 0.4) is 0 Å². The topological polar surface area (TPSA) is 21.6 Å². The van der Waals surface area contributed by atoms with E-state index in [1.54, 1.807) is 25.3 Å². The first-order valence-electron chi connectivity index (χ1n) is 6.73. The highest BCUT2D eigenvalue weighted by Crippen LogP contribution is 2.28. The van der Waals surface area contributed by atoms with E-state index in [0.29, 0.717) is 10.0 Å². The summed E-state index contributed by atoms with van der Waals surface area (Å²) in [5.74, 6) is 0.846. The largest absolute Gasteiger partial charge is 0.496 e. The molecule has 0 saturated carbocycles. The Labute approximate surface area is 139 Å². The van der Waals surface area contributed by atoms with Gasteiger partial charge in [0.25, 0.3) is 0 Å². The van der Waals surface area contributed by atoms with Crippen LogP contribution in [0.5, 0.6) is 5.75 Å². The maximum absolute atomic E-state index is 5.99. The molecule has 0 radical (unpaired) electrons. The zero-order chi connectivity index (χ0) is 15.5. The Morgan fingerprint density at radius 3 is 2.27 bits per heavy atom. The molecule has 3 aromatic carbocycles. The zero-order valence-electron chi connectivity index (χ0n) is 11.9. The number of ether oxygens (including phenoxy) is 1. The molecule has 0 bridgehead atoms. The number of rotatable bonds is 3. The van der Waals surface area contributed by atoms with Crippen LogP contribution >= 0.6 is 23.2 Å². The van der Waals surface area contributed by atoms with Gasteiger partial charge < -0.3 is 4.74 Å². The van der Waals surface area contributed by atoms with Gasteiger partial charge in [-0.25, -0.2) is 0 Å². The highest BCUT2D eigenvalue weighted by molar-refractivity contribution is 6.35. The molecule has 0 fully saturated rings. The first-order valence-corrected chi connectivity index (χ1v) is 7.49. The van der Waals surface area contributed by atoms with Crippen LogP contribution in [0.15, 0.2) is 59.6 Å². The third-order valence-corrected chi connectivity index (χ3v) is 3.77. The molecule has 0 amide bonds. The predicted octanol–water partition coefficient (Wildman–Crippen LogP) is 5.91. The summed E-state index contributed by atoms with van der Waals surface area (Å²) in [5.41, 5.74) is 1.73. The Morgan fingerprint density at radius 1 is 0.909 bits per heavy atom. The fourth-order valence-corrected chi connectivity index (χ4v) is 2.86. The quantitative estimate of drug-likeness (QED) is 0.547. The fourth-order valence-electron chi connectivity index (χ4n) is 2.34. The summed E-state index contributed by atoms with van der Waals surface area (Å²) < 4.78 is 5.40. The lowest BCUT2D eigenvalue weighted by atomic mass is 10.0. The Balaban J connectivity index is 2.05. The Bertz CT molecular complexity index is 839. The summed E-state index contributed by atoms with van der Waals surface area (Å²) in [6, 6.07) is 17.2. The van der Waals surface area contributed by atoms with Crippen molar-refractivity contribution >= 4 is 45.9 Å². The van der Waals surface area contributed by atoms with Crippen LogP contribution in [-0.2, 0) is 0 Å². The molecule has 0 unspecified atom stereocenters. The lowest BCUT2D eigenvalue weighted by Gasteiger charge is -2.07. The number of hydrogen-bond acceptors (Lipinski definition) is 2. The van der Waals surface area contributed by atoms with E-state index in [4.69, 9.17) is 27.9 Å². The molecule has 0 N–H and O–H groups in total. The van der Waals surface area contributed by atoms with Gasteiger partial charge in [-0.05, 0) is 35.7 Å². The SMILES string of the molecule is COc1ccc(C=Nc2cc(Cl)cc(Cl)c2)c2ccccc12. The molecule has 0 atom stereocenters. The fraction of sp³-hybridized carbons (Fsp3) is 0.0556. The summed E-state index contributed by atoms with van der Waals surface area (Å²) >= 11 is 12.0. The van der Waals surface area contributed by atoms with Crippen molar-refractivity contribution in [3.8, 4) is 5.75 Å². The van der Waals surface area contributed by atoms with Crippen LogP contribution in [0.2, 0.25) is 10.0 Å². The number of benzene rings is 3. The molecule has 110 valence electrons. The van der Waals surface area contributed by atoms with Crippen molar-refractivity contribution in [2.45, 2.75) is 0 Å². The monoisotopic (exact) mass is 329 g/mol. The van der Waals surface area contributed by atoms with Crippen LogP contribution in [0.1, 0.15) is 5.56 Å². The van der Waals surface area contributed by atoms with Crippen LogP contribution < -0.4 is 4.74 Å². The average molecular weight is 330 g/mol. The summed E-state index contributed by atoms with van der Waals surface area (Å²) in [5, 5.41) is 3.27. The third kappa shape index (κ3) is 3.08. The molecule has 3 rings (SSSR count). The van der Waals surface area contributed by atoms with Crippen molar-refractivity contribution in [2.75, 3.05) is 7.11 Å². The van der Waals surface area contributed by atoms with Crippen LogP contribution in [0.4, 0.5) is 5.69 Å². The van der Waals surface area contributed by atoms with Gasteiger partial charge in [0.1, 0.15) is 5.75 Å². The smallest absolute Gasteiger partial charge is 0.126 e. The molecular weight excluding hydrogens is 317 g/mol. The Hall–Kier alpha value is -2.03. The summed E-state index contributed by atoms with van der Waals surface area (Å²) in [4.78, 5) is 4.47. The Morgan fingerprint density at radius 2 is 1.59 bits per heavy atom. The highest BCUT2D eigenvalue weighted by Gasteiger charge is 2.04. The van der Waals surface area contributed by atoms with E-state index >= 15 is 0 Å². The number of fused-ring (bicyclic) bond motifs is 1. The van der Waals surface area contributed by atoms with E-state index in [1.165, 1.54) is 0 Å². The van der Waals surface area contributed by atoms with Crippen molar-refractivity contribution in [3.05, 3.63) is 70.2 Å². The lowest BCUT2D eigenvalue weighted by Crippen LogP contribution is -1.89. The van der Waals surface area contributed by atoms with E-state index in [0.717, 1.165) is 27.8 Å². The van der Waals surface area contributed by atoms with Crippen molar-refractivity contribution in [1.29, 1.82) is 0 Å². The van der Waals surface area contributed by atoms with Gasteiger partial charge >= 0.3 is 0 Å². The number of hydrogen-bond donors (Lipinski definition) is 0. The first-order chi connectivity index (χ1) is 10.7. The van der Waals surface area contributed by atoms with Crippen molar-refractivity contribution < 1.29 is 4.74 Å². The highest BCUT2D eigenvalue weighted by atomic mass is 35.5. The number of methoxy groups -OCH3 is 1. The minimum Gasteiger partial charge on any atom is -0.496 e. The summed E-state index contributed by atoms with van der Waals surface area (Å²) in [6.45, 7) is 0. The van der Waals surface area contributed by atoms with Crippen LogP contribution in [0.25, 0.3) is 10.8 Å². The van der Waals surface area contributed by atoms with E-state index in [-0.39, 0.29) is 0 Å². The zero-order valence-corrected chi connectivity index (χ0v) is 13.4. The van der Waals surface area contributed by atoms with E-state index in [1.807, 2.05) is 42.6 Å². The number of nitrogens with zero attached hydrogens (tertiary/aromatic N) is 1.